The second-order valence-electron chi connectivity index (χ2n) is 17.4. The number of carboxylic acid groups (broad SMARTS) is 2. The minimum atomic E-state index is -0.958. The molecule has 0 bridgehead atoms. The molecule has 2 aromatic heterocycles. The number of aromatic nitrogens is 2. The number of piperidine rings is 2. The van der Waals surface area contributed by atoms with E-state index < -0.39 is 11.9 Å². The van der Waals surface area contributed by atoms with Gasteiger partial charge in [-0.3, -0.25) is 9.80 Å². The summed E-state index contributed by atoms with van der Waals surface area (Å²) >= 11 is 3.65. The molecule has 2 saturated heterocycles. The van der Waals surface area contributed by atoms with Crippen LogP contribution in [0.3, 0.4) is 0 Å². The van der Waals surface area contributed by atoms with Crippen molar-refractivity contribution in [2.45, 2.75) is 83.5 Å². The number of aromatic carboxylic acids is 2. The Morgan fingerprint density at radius 3 is 1.97 bits per heavy atom. The predicted octanol–water partition coefficient (Wildman–Crippen LogP) is 10.7. The molecule has 2 aliphatic rings. The number of likely N-dealkylation sites (tertiary alicyclic amines) is 2. The monoisotopic (exact) mass is 964 g/mol. The van der Waals surface area contributed by atoms with Crippen LogP contribution in [0.5, 0.6) is 11.5 Å². The maximum Gasteiger partial charge on any atom is 0.339 e. The largest absolute Gasteiger partial charge is 0.496 e. The summed E-state index contributed by atoms with van der Waals surface area (Å²) in [7, 11) is 4.79. The fourth-order valence-corrected chi connectivity index (χ4v) is 10.2. The summed E-state index contributed by atoms with van der Waals surface area (Å²) in [6, 6.07) is 26.0. The molecule has 6 aromatic rings. The van der Waals surface area contributed by atoms with E-state index in [4.69, 9.17) is 18.9 Å². The Hall–Kier alpha value is -5.18. The Balaban J connectivity index is 0.000000196. The lowest BCUT2D eigenvalue weighted by molar-refractivity contribution is 0.0682. The Bertz CT molecular complexity index is 2550. The van der Waals surface area contributed by atoms with E-state index in [1.807, 2.05) is 12.1 Å². The molecule has 0 atom stereocenters. The van der Waals surface area contributed by atoms with E-state index in [2.05, 4.69) is 96.6 Å². The van der Waals surface area contributed by atoms with Crippen LogP contribution in [0.4, 0.5) is 0 Å². The zero-order valence-electron chi connectivity index (χ0n) is 38.8. The summed E-state index contributed by atoms with van der Waals surface area (Å²) in [6.07, 6.45) is 11.1. The molecule has 13 heteroatoms. The Labute approximate surface area is 397 Å². The molecule has 4 heterocycles. The predicted molar refractivity (Wildman–Crippen MR) is 264 cm³/mol. The van der Waals surface area contributed by atoms with Crippen LogP contribution in [0.15, 0.2) is 95.7 Å². The number of benzene rings is 4. The second kappa shape index (κ2) is 23.5. The highest BCUT2D eigenvalue weighted by Gasteiger charge is 2.27. The van der Waals surface area contributed by atoms with E-state index in [0.717, 1.165) is 120 Å². The number of rotatable bonds is 19. The van der Waals surface area contributed by atoms with Gasteiger partial charge in [0, 0.05) is 90.7 Å². The van der Waals surface area contributed by atoms with E-state index in [9.17, 15) is 19.8 Å². The first-order valence-electron chi connectivity index (χ1n) is 23.3. The van der Waals surface area contributed by atoms with Crippen LogP contribution in [0.2, 0.25) is 0 Å². The van der Waals surface area contributed by atoms with Crippen LogP contribution in [0.1, 0.15) is 100 Å². The second-order valence-corrected chi connectivity index (χ2v) is 18.4. The number of para-hydroxylation sites is 2. The molecule has 2 aliphatic heterocycles. The lowest BCUT2D eigenvalue weighted by Gasteiger charge is -2.32. The van der Waals surface area contributed by atoms with Crippen LogP contribution >= 0.6 is 15.9 Å². The zero-order valence-corrected chi connectivity index (χ0v) is 40.4. The van der Waals surface area contributed by atoms with E-state index in [1.54, 1.807) is 31.4 Å². The van der Waals surface area contributed by atoms with E-state index in [-0.39, 0.29) is 11.1 Å². The van der Waals surface area contributed by atoms with Crippen molar-refractivity contribution in [3.05, 3.63) is 129 Å². The molecule has 0 radical (unpaired) electrons. The van der Waals surface area contributed by atoms with E-state index in [0.29, 0.717) is 29.9 Å². The molecule has 0 spiro atoms. The Kier molecular flexibility index (Phi) is 17.4. The highest BCUT2D eigenvalue weighted by atomic mass is 79.9. The molecule has 8 rings (SSSR count). The smallest absolute Gasteiger partial charge is 0.339 e. The summed E-state index contributed by atoms with van der Waals surface area (Å²) in [5, 5.41) is 21.6. The zero-order chi connectivity index (χ0) is 46.6. The van der Waals surface area contributed by atoms with Gasteiger partial charge in [-0.15, -0.1) is 0 Å². The number of hydrogen-bond donors (Lipinski definition) is 2. The van der Waals surface area contributed by atoms with Gasteiger partial charge < -0.3 is 38.3 Å². The van der Waals surface area contributed by atoms with Gasteiger partial charge >= 0.3 is 11.9 Å². The third kappa shape index (κ3) is 11.8. The number of carboxylic acids is 2. The molecular formula is C53H65BrN4O8. The third-order valence-electron chi connectivity index (χ3n) is 13.1. The third-order valence-corrected chi connectivity index (χ3v) is 13.6. The quantitative estimate of drug-likeness (QED) is 0.0758. The first-order chi connectivity index (χ1) is 32.1. The number of ether oxygens (including phenoxy) is 4. The molecule has 0 amide bonds. The number of halogens is 1. The topological polar surface area (TPSA) is 128 Å². The van der Waals surface area contributed by atoms with Gasteiger partial charge in [-0.2, -0.15) is 0 Å². The number of methoxy groups -OCH3 is 3. The van der Waals surface area contributed by atoms with Crippen molar-refractivity contribution in [3.63, 3.8) is 0 Å². The molecule has 352 valence electrons. The van der Waals surface area contributed by atoms with Crippen molar-refractivity contribution in [3.8, 4) is 11.5 Å². The van der Waals surface area contributed by atoms with Crippen LogP contribution in [0, 0.1) is 0 Å². The van der Waals surface area contributed by atoms with Crippen LogP contribution in [-0.4, -0.2) is 108 Å². The average Bonchev–Trinajstić information content (AvgIpc) is 3.88. The molecule has 0 aliphatic carbocycles. The van der Waals surface area contributed by atoms with Gasteiger partial charge in [-0.25, -0.2) is 9.59 Å². The fourth-order valence-electron chi connectivity index (χ4n) is 9.82. The summed E-state index contributed by atoms with van der Waals surface area (Å²) in [5.74, 6) is 0.00489. The van der Waals surface area contributed by atoms with Crippen molar-refractivity contribution < 1.29 is 38.7 Å². The maximum absolute atomic E-state index is 11.5. The van der Waals surface area contributed by atoms with Gasteiger partial charge in [0.15, 0.2) is 0 Å². The number of carbonyl (C=O) groups is 2. The summed E-state index contributed by atoms with van der Waals surface area (Å²) in [4.78, 5) is 27.9. The first-order valence-corrected chi connectivity index (χ1v) is 24.1. The summed E-state index contributed by atoms with van der Waals surface area (Å²) < 4.78 is 27.4. The van der Waals surface area contributed by atoms with Crippen molar-refractivity contribution in [1.29, 1.82) is 0 Å². The van der Waals surface area contributed by atoms with Crippen LogP contribution in [-0.2, 0) is 35.7 Å². The van der Waals surface area contributed by atoms with Crippen LogP contribution in [0.25, 0.3) is 21.8 Å². The number of fused-ring (bicyclic) bond motifs is 2. The number of hydrogen-bond acceptors (Lipinski definition) is 8. The minimum absolute atomic E-state index is 0.219. The van der Waals surface area contributed by atoms with Gasteiger partial charge in [0.05, 0.1) is 20.8 Å². The normalized spacial score (nSPS) is 15.2. The van der Waals surface area contributed by atoms with Gasteiger partial charge in [0.1, 0.15) is 22.6 Å². The SMILES string of the molecule is CCCOCCn1cc(C2CCN(Cc3ccc(OC)c(C(=O)O)c3)CC2)c2ccccc21.COCCCn1cc(C2CCN(Cc3cccc(C(=O)O)c3OC)CC2)c2cc(Br)ccc21. The number of aryl methyl sites for hydroxylation is 1. The van der Waals surface area contributed by atoms with E-state index in [1.165, 1.54) is 47.2 Å². The molecular weight excluding hydrogens is 901 g/mol. The van der Waals surface area contributed by atoms with Crippen molar-refractivity contribution >= 4 is 49.7 Å². The molecule has 0 unspecified atom stereocenters. The molecule has 66 heavy (non-hydrogen) atoms. The van der Waals surface area contributed by atoms with Crippen molar-refractivity contribution in [2.24, 2.45) is 0 Å². The lowest BCUT2D eigenvalue weighted by atomic mass is 9.89. The van der Waals surface area contributed by atoms with Gasteiger partial charge in [-0.05, 0) is 136 Å². The number of nitrogens with zero attached hydrogens (tertiary/aromatic N) is 4. The molecule has 12 nitrogen and oxygen atoms in total. The van der Waals surface area contributed by atoms with Gasteiger partial charge in [-0.1, -0.05) is 59.3 Å². The molecule has 2 N–H and O–H groups in total. The van der Waals surface area contributed by atoms with Gasteiger partial charge in [0.2, 0.25) is 0 Å². The first kappa shape index (κ1) is 48.7. The summed E-state index contributed by atoms with van der Waals surface area (Å²) in [5.41, 5.74) is 7.81. The minimum Gasteiger partial charge on any atom is -0.496 e. The standard InChI is InChI=1S/C27H34N2O4.C26H31BrN2O4/c1-3-15-33-16-14-29-19-24(22-6-4-5-7-25(22)29)21-10-12-28(13-11-21)18-20-8-9-26(32-2)23(17-20)27(30)31;1-32-14-4-11-29-17-23(22-15-20(27)7-8-24(22)29)18-9-12-28(13-10-18)16-19-5-3-6-21(26(30)31)25(19)33-2/h4-9,17,19,21H,3,10-16,18H2,1-2H3,(H,30,31);3,5-8,15,17-18H,4,9-14,16H2,1-2H3,(H,30,31). The molecule has 4 aromatic carbocycles. The van der Waals surface area contributed by atoms with Crippen molar-refractivity contribution in [2.75, 3.05) is 67.3 Å². The Morgan fingerprint density at radius 2 is 1.32 bits per heavy atom. The Morgan fingerprint density at radius 1 is 0.667 bits per heavy atom. The fraction of sp³-hybridized carbons (Fsp3) is 0.434. The van der Waals surface area contributed by atoms with Crippen LogP contribution < -0.4 is 9.47 Å². The van der Waals surface area contributed by atoms with Crippen molar-refractivity contribution in [1.82, 2.24) is 18.9 Å². The summed E-state index contributed by atoms with van der Waals surface area (Å²) in [6.45, 7) is 11.7. The van der Waals surface area contributed by atoms with E-state index >= 15 is 0 Å². The molecule has 0 saturated carbocycles. The average molecular weight is 966 g/mol. The maximum atomic E-state index is 11.5. The lowest BCUT2D eigenvalue weighted by Crippen LogP contribution is -2.32. The highest BCUT2D eigenvalue weighted by molar-refractivity contribution is 9.10. The highest BCUT2D eigenvalue weighted by Crippen LogP contribution is 2.38. The van der Waals surface area contributed by atoms with Gasteiger partial charge in [0.25, 0.3) is 0 Å². The molecule has 2 fully saturated rings.